The van der Waals surface area contributed by atoms with Crippen LogP contribution < -0.4 is 10.6 Å². The van der Waals surface area contributed by atoms with Crippen LogP contribution >= 0.6 is 11.3 Å². The molecular weight excluding hydrogens is 290 g/mol. The Kier molecular flexibility index (Phi) is 6.13. The quantitative estimate of drug-likeness (QED) is 0.705. The van der Waals surface area contributed by atoms with Gasteiger partial charge in [-0.3, -0.25) is 4.79 Å². The highest BCUT2D eigenvalue weighted by Gasteiger charge is 2.14. The van der Waals surface area contributed by atoms with Gasteiger partial charge in [0.1, 0.15) is 0 Å². The molecule has 0 aromatic carbocycles. The van der Waals surface area contributed by atoms with Crippen molar-refractivity contribution in [2.75, 3.05) is 19.6 Å². The number of nitrogens with one attached hydrogen (secondary N) is 2. The summed E-state index contributed by atoms with van der Waals surface area (Å²) in [5.41, 5.74) is 0.0761. The Morgan fingerprint density at radius 1 is 1.43 bits per heavy atom. The Labute approximate surface area is 128 Å². The maximum Gasteiger partial charge on any atom is 0.355 e. The molecule has 21 heavy (non-hydrogen) atoms. The summed E-state index contributed by atoms with van der Waals surface area (Å²) in [4.78, 5) is 26.4. The summed E-state index contributed by atoms with van der Waals surface area (Å²) >= 11 is 1.32. The number of aromatic carboxylic acids is 1. The Hall–Kier alpha value is -1.47. The molecular formula is C14H21N3O3S. The monoisotopic (exact) mass is 311 g/mol. The molecule has 2 rings (SSSR count). The summed E-state index contributed by atoms with van der Waals surface area (Å²) in [5, 5.41) is 17.2. The lowest BCUT2D eigenvalue weighted by molar-refractivity contribution is -0.121. The van der Waals surface area contributed by atoms with Crippen molar-refractivity contribution in [3.05, 3.63) is 16.1 Å². The van der Waals surface area contributed by atoms with E-state index in [1.54, 1.807) is 0 Å². The van der Waals surface area contributed by atoms with E-state index >= 15 is 0 Å². The van der Waals surface area contributed by atoms with Crippen LogP contribution in [-0.2, 0) is 11.2 Å². The minimum Gasteiger partial charge on any atom is -0.476 e. The Balaban J connectivity index is 1.61. The lowest BCUT2D eigenvalue weighted by Crippen LogP contribution is -2.30. The minimum absolute atomic E-state index is 0.0727. The number of rotatable bonds is 7. The molecule has 0 unspecified atom stereocenters. The molecule has 6 nitrogen and oxygen atoms in total. The number of hydrogen-bond acceptors (Lipinski definition) is 5. The molecule has 1 aliphatic heterocycles. The zero-order chi connectivity index (χ0) is 15.1. The molecule has 1 saturated heterocycles. The molecule has 0 aliphatic carbocycles. The van der Waals surface area contributed by atoms with Crippen molar-refractivity contribution in [3.8, 4) is 0 Å². The molecule has 7 heteroatoms. The molecule has 1 amide bonds. The minimum atomic E-state index is -1.01. The molecule has 1 aliphatic rings. The third kappa shape index (κ3) is 5.43. The summed E-state index contributed by atoms with van der Waals surface area (Å²) in [6.07, 6.45) is 4.42. The van der Waals surface area contributed by atoms with Crippen LogP contribution in [0.5, 0.6) is 0 Å². The van der Waals surface area contributed by atoms with Crippen LogP contribution in [0.25, 0.3) is 0 Å². The van der Waals surface area contributed by atoms with Gasteiger partial charge in [0.2, 0.25) is 5.91 Å². The number of nitrogens with zero attached hydrogens (tertiary/aromatic N) is 1. The number of carboxylic acids is 1. The fraction of sp³-hybridized carbons (Fsp3) is 0.643. The second-order valence-corrected chi connectivity index (χ2v) is 6.21. The van der Waals surface area contributed by atoms with E-state index in [1.807, 2.05) is 0 Å². The van der Waals surface area contributed by atoms with Crippen molar-refractivity contribution in [2.24, 2.45) is 5.92 Å². The first-order chi connectivity index (χ1) is 10.1. The number of piperidine rings is 1. The molecule has 0 spiro atoms. The molecule has 1 aromatic heterocycles. The normalized spacial score (nSPS) is 15.8. The first-order valence-electron chi connectivity index (χ1n) is 7.30. The highest BCUT2D eigenvalue weighted by Crippen LogP contribution is 2.17. The predicted octanol–water partition coefficient (Wildman–Crippen LogP) is 1.28. The van der Waals surface area contributed by atoms with Crippen molar-refractivity contribution in [3.63, 3.8) is 0 Å². The maximum absolute atomic E-state index is 11.8. The van der Waals surface area contributed by atoms with E-state index in [-0.39, 0.29) is 11.6 Å². The first-order valence-corrected chi connectivity index (χ1v) is 8.18. The number of hydrogen-bond donors (Lipinski definition) is 3. The third-order valence-electron chi connectivity index (χ3n) is 3.67. The summed E-state index contributed by atoms with van der Waals surface area (Å²) in [5.74, 6) is -0.277. The van der Waals surface area contributed by atoms with E-state index in [9.17, 15) is 9.59 Å². The molecule has 0 bridgehead atoms. The smallest absolute Gasteiger partial charge is 0.355 e. The van der Waals surface area contributed by atoms with Crippen LogP contribution in [0.3, 0.4) is 0 Å². The number of thiazole rings is 1. The van der Waals surface area contributed by atoms with Crippen LogP contribution in [0, 0.1) is 5.92 Å². The van der Waals surface area contributed by atoms with Crippen LogP contribution in [-0.4, -0.2) is 41.6 Å². The summed E-state index contributed by atoms with van der Waals surface area (Å²) in [7, 11) is 0. The second kappa shape index (κ2) is 8.09. The van der Waals surface area contributed by atoms with Crippen molar-refractivity contribution in [1.82, 2.24) is 15.6 Å². The maximum atomic E-state index is 11.8. The van der Waals surface area contributed by atoms with Gasteiger partial charge in [0.15, 0.2) is 5.69 Å². The number of carbonyl (C=O) groups excluding carboxylic acids is 1. The summed E-state index contributed by atoms with van der Waals surface area (Å²) < 4.78 is 0. The van der Waals surface area contributed by atoms with E-state index in [1.165, 1.54) is 16.7 Å². The van der Waals surface area contributed by atoms with E-state index < -0.39 is 5.97 Å². The highest BCUT2D eigenvalue weighted by molar-refractivity contribution is 7.09. The second-order valence-electron chi connectivity index (χ2n) is 5.26. The van der Waals surface area contributed by atoms with Crippen molar-refractivity contribution < 1.29 is 14.7 Å². The Morgan fingerprint density at radius 3 is 2.86 bits per heavy atom. The lowest BCUT2D eigenvalue weighted by atomic mass is 9.93. The van der Waals surface area contributed by atoms with Crippen LogP contribution in [0.15, 0.2) is 5.38 Å². The van der Waals surface area contributed by atoms with E-state index in [2.05, 4.69) is 15.6 Å². The highest BCUT2D eigenvalue weighted by atomic mass is 32.1. The van der Waals surface area contributed by atoms with E-state index in [0.717, 1.165) is 37.4 Å². The average Bonchev–Trinajstić information content (AvgIpc) is 2.95. The van der Waals surface area contributed by atoms with Gasteiger partial charge in [-0.2, -0.15) is 0 Å². The number of amides is 1. The molecule has 3 N–H and O–H groups in total. The van der Waals surface area contributed by atoms with Gasteiger partial charge >= 0.3 is 5.97 Å². The van der Waals surface area contributed by atoms with Crippen molar-refractivity contribution in [1.29, 1.82) is 0 Å². The van der Waals surface area contributed by atoms with Gasteiger partial charge in [0.25, 0.3) is 0 Å². The standard InChI is InChI=1S/C14H21N3O3S/c18-12(2-1-10-3-6-15-7-4-10)16-8-5-13-17-11(9-21-13)14(19)20/h9-10,15H,1-8H2,(H,16,18)(H,19,20). The van der Waals surface area contributed by atoms with Crippen molar-refractivity contribution in [2.45, 2.75) is 32.1 Å². The first kappa shape index (κ1) is 15.9. The molecule has 0 saturated carbocycles. The van der Waals surface area contributed by atoms with Gasteiger partial charge in [0, 0.05) is 24.8 Å². The average molecular weight is 311 g/mol. The SMILES string of the molecule is O=C(CCC1CCNCC1)NCCc1nc(C(=O)O)cs1. The Bertz CT molecular complexity index is 484. The van der Waals surface area contributed by atoms with Gasteiger partial charge in [0.05, 0.1) is 5.01 Å². The zero-order valence-electron chi connectivity index (χ0n) is 11.9. The number of carboxylic acid groups (broad SMARTS) is 1. The van der Waals surface area contributed by atoms with E-state index in [0.29, 0.717) is 25.3 Å². The molecule has 1 aromatic rings. The largest absolute Gasteiger partial charge is 0.476 e. The van der Waals surface area contributed by atoms with Crippen LogP contribution in [0.2, 0.25) is 0 Å². The molecule has 0 atom stereocenters. The van der Waals surface area contributed by atoms with Crippen LogP contribution in [0.4, 0.5) is 0 Å². The topological polar surface area (TPSA) is 91.3 Å². The summed E-state index contributed by atoms with van der Waals surface area (Å²) in [6.45, 7) is 2.63. The van der Waals surface area contributed by atoms with Gasteiger partial charge in [-0.1, -0.05) is 0 Å². The van der Waals surface area contributed by atoms with Gasteiger partial charge < -0.3 is 15.7 Å². The summed E-state index contributed by atoms with van der Waals surface area (Å²) in [6, 6.07) is 0. The number of aromatic nitrogens is 1. The van der Waals surface area contributed by atoms with Gasteiger partial charge in [-0.05, 0) is 38.3 Å². The number of carbonyl (C=O) groups is 2. The fourth-order valence-electron chi connectivity index (χ4n) is 2.43. The lowest BCUT2D eigenvalue weighted by Gasteiger charge is -2.22. The van der Waals surface area contributed by atoms with Gasteiger partial charge in [-0.25, -0.2) is 9.78 Å². The molecule has 0 radical (unpaired) electrons. The van der Waals surface area contributed by atoms with Gasteiger partial charge in [-0.15, -0.1) is 11.3 Å². The molecule has 2 heterocycles. The van der Waals surface area contributed by atoms with Crippen molar-refractivity contribution >= 4 is 23.2 Å². The predicted molar refractivity (Wildman–Crippen MR) is 80.6 cm³/mol. The zero-order valence-corrected chi connectivity index (χ0v) is 12.7. The van der Waals surface area contributed by atoms with E-state index in [4.69, 9.17) is 5.11 Å². The Morgan fingerprint density at radius 2 is 2.19 bits per heavy atom. The molecule has 1 fully saturated rings. The van der Waals surface area contributed by atoms with Crippen LogP contribution in [0.1, 0.15) is 41.2 Å². The fourth-order valence-corrected chi connectivity index (χ4v) is 3.20. The third-order valence-corrected chi connectivity index (χ3v) is 4.58. The molecule has 116 valence electrons.